The average Bonchev–Trinajstić information content (AvgIpc) is 1.99. The van der Waals surface area contributed by atoms with Gasteiger partial charge in [0.25, 0.3) is 6.43 Å². The SMILES string of the molecule is Nc1cc(Br)nc(NCC(F)F)n1. The van der Waals surface area contributed by atoms with Crippen LogP contribution in [0.3, 0.4) is 0 Å². The van der Waals surface area contributed by atoms with Crippen molar-refractivity contribution in [3.63, 3.8) is 0 Å². The number of nitrogen functional groups attached to an aromatic ring is 1. The maximum atomic E-state index is 11.8. The quantitative estimate of drug-likeness (QED) is 0.801. The van der Waals surface area contributed by atoms with Gasteiger partial charge in [0, 0.05) is 6.07 Å². The fourth-order valence-electron chi connectivity index (χ4n) is 0.683. The molecule has 0 radical (unpaired) electrons. The van der Waals surface area contributed by atoms with Gasteiger partial charge in [-0.25, -0.2) is 13.8 Å². The van der Waals surface area contributed by atoms with Crippen LogP contribution in [-0.2, 0) is 0 Å². The van der Waals surface area contributed by atoms with Gasteiger partial charge in [-0.1, -0.05) is 0 Å². The van der Waals surface area contributed by atoms with E-state index in [4.69, 9.17) is 5.73 Å². The summed E-state index contributed by atoms with van der Waals surface area (Å²) in [5, 5.41) is 2.34. The minimum absolute atomic E-state index is 0.0900. The van der Waals surface area contributed by atoms with Crippen LogP contribution in [0.4, 0.5) is 20.5 Å². The fourth-order valence-corrected chi connectivity index (χ4v) is 1.09. The number of rotatable bonds is 3. The van der Waals surface area contributed by atoms with E-state index in [1.807, 2.05) is 0 Å². The molecule has 1 heterocycles. The van der Waals surface area contributed by atoms with Crippen molar-refractivity contribution in [2.24, 2.45) is 0 Å². The van der Waals surface area contributed by atoms with Crippen molar-refractivity contribution in [2.75, 3.05) is 17.6 Å². The van der Waals surface area contributed by atoms with Crippen LogP contribution >= 0.6 is 15.9 Å². The van der Waals surface area contributed by atoms with Crippen molar-refractivity contribution in [1.82, 2.24) is 9.97 Å². The molecule has 0 aromatic carbocycles. The fraction of sp³-hybridized carbons (Fsp3) is 0.333. The summed E-state index contributed by atoms with van der Waals surface area (Å²) in [7, 11) is 0. The lowest BCUT2D eigenvalue weighted by Crippen LogP contribution is -2.13. The maximum Gasteiger partial charge on any atom is 0.255 e. The molecule has 0 atom stereocenters. The van der Waals surface area contributed by atoms with Gasteiger partial charge in [-0.3, -0.25) is 0 Å². The van der Waals surface area contributed by atoms with Gasteiger partial charge in [-0.15, -0.1) is 0 Å². The number of halogens is 3. The molecule has 1 aromatic heterocycles. The summed E-state index contributed by atoms with van der Waals surface area (Å²) < 4.78 is 24.0. The van der Waals surface area contributed by atoms with E-state index >= 15 is 0 Å². The third kappa shape index (κ3) is 3.49. The normalized spacial score (nSPS) is 10.5. The molecule has 0 aliphatic carbocycles. The maximum absolute atomic E-state index is 11.8. The minimum atomic E-state index is -2.44. The van der Waals surface area contributed by atoms with Gasteiger partial charge in [-0.2, -0.15) is 4.98 Å². The number of anilines is 2. The Hall–Kier alpha value is -0.980. The van der Waals surface area contributed by atoms with Gasteiger partial charge in [0.05, 0.1) is 6.54 Å². The van der Waals surface area contributed by atoms with Gasteiger partial charge < -0.3 is 11.1 Å². The number of nitrogens with zero attached hydrogens (tertiary/aromatic N) is 2. The van der Waals surface area contributed by atoms with Crippen LogP contribution < -0.4 is 11.1 Å². The standard InChI is InChI=1S/C6H7BrF2N4/c7-3-1-5(10)13-6(12-3)11-2-4(8)9/h1,4H,2H2,(H3,10,11,12,13). The molecule has 7 heteroatoms. The lowest BCUT2D eigenvalue weighted by atomic mass is 10.6. The summed E-state index contributed by atoms with van der Waals surface area (Å²) in [6, 6.07) is 1.48. The first kappa shape index (κ1) is 10.1. The van der Waals surface area contributed by atoms with E-state index in [-0.39, 0.29) is 11.8 Å². The Kier molecular flexibility index (Phi) is 3.35. The monoisotopic (exact) mass is 252 g/mol. The molecule has 0 amide bonds. The number of alkyl halides is 2. The summed E-state index contributed by atoms with van der Waals surface area (Å²) in [4.78, 5) is 7.49. The Morgan fingerprint density at radius 2 is 2.23 bits per heavy atom. The largest absolute Gasteiger partial charge is 0.383 e. The van der Waals surface area contributed by atoms with Gasteiger partial charge >= 0.3 is 0 Å². The summed E-state index contributed by atoms with van der Waals surface area (Å²) >= 11 is 3.06. The molecule has 4 nitrogen and oxygen atoms in total. The zero-order chi connectivity index (χ0) is 9.84. The number of nitrogens with two attached hydrogens (primary N) is 1. The molecular formula is C6H7BrF2N4. The lowest BCUT2D eigenvalue weighted by Gasteiger charge is -2.04. The van der Waals surface area contributed by atoms with Crippen molar-refractivity contribution >= 4 is 27.7 Å². The van der Waals surface area contributed by atoms with Crippen LogP contribution in [0.2, 0.25) is 0 Å². The van der Waals surface area contributed by atoms with Gasteiger partial charge in [0.15, 0.2) is 0 Å². The first-order valence-corrected chi connectivity index (χ1v) is 4.19. The Morgan fingerprint density at radius 1 is 1.54 bits per heavy atom. The highest BCUT2D eigenvalue weighted by Gasteiger charge is 2.04. The Balaban J connectivity index is 2.66. The van der Waals surface area contributed by atoms with Crippen LogP contribution in [-0.4, -0.2) is 22.9 Å². The first-order chi connectivity index (χ1) is 6.08. The predicted molar refractivity (Wildman–Crippen MR) is 48.6 cm³/mol. The van der Waals surface area contributed by atoms with Crippen molar-refractivity contribution < 1.29 is 8.78 Å². The smallest absolute Gasteiger partial charge is 0.255 e. The molecule has 0 aliphatic rings. The van der Waals surface area contributed by atoms with Crippen molar-refractivity contribution in [3.05, 3.63) is 10.7 Å². The van der Waals surface area contributed by atoms with E-state index in [9.17, 15) is 8.78 Å². The van der Waals surface area contributed by atoms with Gasteiger partial charge in [-0.05, 0) is 15.9 Å². The second kappa shape index (κ2) is 4.31. The number of nitrogens with one attached hydrogen (secondary N) is 1. The van der Waals surface area contributed by atoms with Crippen LogP contribution in [0.5, 0.6) is 0 Å². The van der Waals surface area contributed by atoms with Crippen molar-refractivity contribution in [3.8, 4) is 0 Å². The molecule has 0 saturated carbocycles. The van der Waals surface area contributed by atoms with Gasteiger partial charge in [0.2, 0.25) is 5.95 Å². The summed E-state index contributed by atoms with van der Waals surface area (Å²) in [6.07, 6.45) is -2.44. The molecule has 0 bridgehead atoms. The van der Waals surface area contributed by atoms with E-state index in [2.05, 4.69) is 31.2 Å². The Bertz CT molecular complexity index is 274. The Morgan fingerprint density at radius 3 is 2.77 bits per heavy atom. The molecule has 0 aliphatic heterocycles. The predicted octanol–water partition coefficient (Wildman–Crippen LogP) is 1.50. The highest BCUT2D eigenvalue weighted by Crippen LogP contribution is 2.12. The topological polar surface area (TPSA) is 63.8 Å². The zero-order valence-corrected chi connectivity index (χ0v) is 8.05. The molecule has 0 fully saturated rings. The second-order valence-corrected chi connectivity index (χ2v) is 3.02. The minimum Gasteiger partial charge on any atom is -0.383 e. The molecule has 13 heavy (non-hydrogen) atoms. The van der Waals surface area contributed by atoms with Crippen molar-refractivity contribution in [2.45, 2.75) is 6.43 Å². The van der Waals surface area contributed by atoms with E-state index < -0.39 is 13.0 Å². The highest BCUT2D eigenvalue weighted by atomic mass is 79.9. The lowest BCUT2D eigenvalue weighted by molar-refractivity contribution is 0.163. The molecular weight excluding hydrogens is 246 g/mol. The molecule has 0 saturated heterocycles. The molecule has 1 rings (SSSR count). The van der Waals surface area contributed by atoms with E-state index in [0.717, 1.165) is 0 Å². The van der Waals surface area contributed by atoms with Crippen molar-refractivity contribution in [1.29, 1.82) is 0 Å². The first-order valence-electron chi connectivity index (χ1n) is 3.40. The third-order valence-corrected chi connectivity index (χ3v) is 1.54. The summed E-state index contributed by atoms with van der Waals surface area (Å²) in [5.74, 6) is 0.311. The van der Waals surface area contributed by atoms with E-state index in [1.54, 1.807) is 0 Å². The molecule has 0 unspecified atom stereocenters. The summed E-state index contributed by atoms with van der Waals surface area (Å²) in [5.41, 5.74) is 5.36. The molecule has 1 aromatic rings. The van der Waals surface area contributed by atoms with Gasteiger partial charge in [0.1, 0.15) is 10.4 Å². The number of hydrogen-bond donors (Lipinski definition) is 2. The number of aromatic nitrogens is 2. The highest BCUT2D eigenvalue weighted by molar-refractivity contribution is 9.10. The third-order valence-electron chi connectivity index (χ3n) is 1.13. The summed E-state index contributed by atoms with van der Waals surface area (Å²) in [6.45, 7) is -0.490. The average molecular weight is 253 g/mol. The van der Waals surface area contributed by atoms with Crippen LogP contribution in [0.1, 0.15) is 0 Å². The molecule has 0 spiro atoms. The second-order valence-electron chi connectivity index (χ2n) is 2.21. The zero-order valence-electron chi connectivity index (χ0n) is 6.47. The van der Waals surface area contributed by atoms with Crippen LogP contribution in [0.25, 0.3) is 0 Å². The van der Waals surface area contributed by atoms with Crippen LogP contribution in [0, 0.1) is 0 Å². The molecule has 3 N–H and O–H groups in total. The van der Waals surface area contributed by atoms with E-state index in [0.29, 0.717) is 4.60 Å². The van der Waals surface area contributed by atoms with E-state index in [1.165, 1.54) is 6.07 Å². The Labute approximate surface area is 81.7 Å². The van der Waals surface area contributed by atoms with Crippen LogP contribution in [0.15, 0.2) is 10.7 Å². The number of hydrogen-bond acceptors (Lipinski definition) is 4. The molecule has 72 valence electrons.